The summed E-state index contributed by atoms with van der Waals surface area (Å²) >= 11 is 6.33. The normalized spacial score (nSPS) is 29.5. The molecule has 0 spiro atoms. The maximum Gasteiger partial charge on any atom is 0.231 e. The molecular weight excluding hydrogens is 276 g/mol. The average Bonchev–Trinajstić information content (AvgIpc) is 2.83. The molecule has 4 nitrogen and oxygen atoms in total. The molecule has 0 aliphatic carbocycles. The molecule has 0 amide bonds. The summed E-state index contributed by atoms with van der Waals surface area (Å²) in [5, 5.41) is 4.27. The van der Waals surface area contributed by atoms with Gasteiger partial charge in [0.2, 0.25) is 6.79 Å². The largest absolute Gasteiger partial charge is 0.454 e. The van der Waals surface area contributed by atoms with E-state index in [1.54, 1.807) is 0 Å². The van der Waals surface area contributed by atoms with Crippen LogP contribution in [-0.4, -0.2) is 37.4 Å². The molecule has 1 fully saturated rings. The number of likely N-dealkylation sites (tertiary alicyclic amines) is 1. The molecule has 0 saturated carbocycles. The van der Waals surface area contributed by atoms with E-state index in [0.717, 1.165) is 30.2 Å². The van der Waals surface area contributed by atoms with Crippen LogP contribution in [0.5, 0.6) is 11.5 Å². The van der Waals surface area contributed by atoms with Crippen LogP contribution in [0.25, 0.3) is 0 Å². The Kier molecular flexibility index (Phi) is 3.69. The second-order valence-electron chi connectivity index (χ2n) is 5.94. The number of halogens is 1. The Morgan fingerprint density at radius 3 is 2.70 bits per heavy atom. The second kappa shape index (κ2) is 5.34. The fourth-order valence-corrected chi connectivity index (χ4v) is 3.18. The molecule has 3 rings (SSSR count). The molecule has 2 aliphatic heterocycles. The Balaban J connectivity index is 1.77. The standard InChI is InChI=1S/C15H21ClN2O2/c1-9-7-18(3)10(2)4-12(9)17-13-6-15-14(5-11(13)16)19-8-20-15/h5-6,9-10,12,17H,4,7-8H2,1-3H3. The lowest BCUT2D eigenvalue weighted by molar-refractivity contribution is 0.145. The van der Waals surface area contributed by atoms with Crippen LogP contribution in [0.3, 0.4) is 0 Å². The van der Waals surface area contributed by atoms with E-state index in [9.17, 15) is 0 Å². The lowest BCUT2D eigenvalue weighted by Gasteiger charge is -2.40. The van der Waals surface area contributed by atoms with Crippen molar-refractivity contribution in [1.82, 2.24) is 4.90 Å². The van der Waals surface area contributed by atoms with Gasteiger partial charge < -0.3 is 19.7 Å². The van der Waals surface area contributed by atoms with Crippen LogP contribution in [0, 0.1) is 5.92 Å². The van der Waals surface area contributed by atoms with Gasteiger partial charge in [-0.1, -0.05) is 18.5 Å². The molecule has 3 atom stereocenters. The topological polar surface area (TPSA) is 33.7 Å². The van der Waals surface area contributed by atoms with Gasteiger partial charge in [0.1, 0.15) is 0 Å². The Morgan fingerprint density at radius 1 is 1.25 bits per heavy atom. The summed E-state index contributed by atoms with van der Waals surface area (Å²) < 4.78 is 10.8. The highest BCUT2D eigenvalue weighted by molar-refractivity contribution is 6.33. The molecule has 1 aromatic rings. The molecule has 5 heteroatoms. The maximum absolute atomic E-state index is 6.33. The quantitative estimate of drug-likeness (QED) is 0.909. The number of hydrogen-bond acceptors (Lipinski definition) is 4. The first-order valence-corrected chi connectivity index (χ1v) is 7.48. The predicted molar refractivity (Wildman–Crippen MR) is 80.9 cm³/mol. The van der Waals surface area contributed by atoms with Crippen molar-refractivity contribution >= 4 is 17.3 Å². The molecule has 110 valence electrons. The third kappa shape index (κ3) is 2.54. The van der Waals surface area contributed by atoms with Crippen molar-refractivity contribution in [3.05, 3.63) is 17.2 Å². The summed E-state index contributed by atoms with van der Waals surface area (Å²) in [6.45, 7) is 5.92. The molecule has 1 aromatic carbocycles. The minimum atomic E-state index is 0.275. The molecule has 1 N–H and O–H groups in total. The van der Waals surface area contributed by atoms with Gasteiger partial charge in [-0.3, -0.25) is 0 Å². The lowest BCUT2D eigenvalue weighted by Crippen LogP contribution is -2.48. The molecule has 0 aromatic heterocycles. The second-order valence-corrected chi connectivity index (χ2v) is 6.34. The zero-order valence-corrected chi connectivity index (χ0v) is 12.9. The van der Waals surface area contributed by atoms with Gasteiger partial charge in [-0.25, -0.2) is 0 Å². The SMILES string of the molecule is CC1CN(C)C(C)CC1Nc1cc2c(cc1Cl)OCO2. The first kappa shape index (κ1) is 13.8. The van der Waals surface area contributed by atoms with Crippen molar-refractivity contribution in [2.24, 2.45) is 5.92 Å². The van der Waals surface area contributed by atoms with Crippen LogP contribution in [0.4, 0.5) is 5.69 Å². The third-order valence-corrected chi connectivity index (χ3v) is 4.73. The van der Waals surface area contributed by atoms with Crippen molar-refractivity contribution in [2.75, 3.05) is 25.7 Å². The van der Waals surface area contributed by atoms with Gasteiger partial charge in [-0.05, 0) is 26.3 Å². The third-order valence-electron chi connectivity index (χ3n) is 4.41. The van der Waals surface area contributed by atoms with Gasteiger partial charge >= 0.3 is 0 Å². The van der Waals surface area contributed by atoms with E-state index in [2.05, 4.69) is 31.1 Å². The van der Waals surface area contributed by atoms with Gasteiger partial charge in [0, 0.05) is 30.8 Å². The van der Waals surface area contributed by atoms with E-state index in [0.29, 0.717) is 23.0 Å². The Morgan fingerprint density at radius 2 is 1.95 bits per heavy atom. The van der Waals surface area contributed by atoms with E-state index in [-0.39, 0.29) is 6.79 Å². The van der Waals surface area contributed by atoms with Crippen molar-refractivity contribution in [2.45, 2.75) is 32.4 Å². The number of piperidine rings is 1. The molecule has 2 heterocycles. The van der Waals surface area contributed by atoms with Crippen molar-refractivity contribution in [3.63, 3.8) is 0 Å². The number of nitrogens with one attached hydrogen (secondary N) is 1. The van der Waals surface area contributed by atoms with Crippen LogP contribution >= 0.6 is 11.6 Å². The number of rotatable bonds is 2. The van der Waals surface area contributed by atoms with Gasteiger partial charge in [0.15, 0.2) is 11.5 Å². The number of fused-ring (bicyclic) bond motifs is 1. The first-order chi connectivity index (χ1) is 9.54. The molecular formula is C15H21ClN2O2. The zero-order valence-electron chi connectivity index (χ0n) is 12.1. The lowest BCUT2D eigenvalue weighted by atomic mass is 9.89. The first-order valence-electron chi connectivity index (χ1n) is 7.10. The highest BCUT2D eigenvalue weighted by Crippen LogP contribution is 2.40. The van der Waals surface area contributed by atoms with Crippen LogP contribution in [0.15, 0.2) is 12.1 Å². The summed E-state index contributed by atoms with van der Waals surface area (Å²) in [5.74, 6) is 2.08. The monoisotopic (exact) mass is 296 g/mol. The Labute approximate surface area is 125 Å². The summed E-state index contributed by atoms with van der Waals surface area (Å²) in [5.41, 5.74) is 0.935. The van der Waals surface area contributed by atoms with Gasteiger partial charge in [0.25, 0.3) is 0 Å². The van der Waals surface area contributed by atoms with Gasteiger partial charge in [-0.15, -0.1) is 0 Å². The highest BCUT2D eigenvalue weighted by Gasteiger charge is 2.29. The van der Waals surface area contributed by atoms with Crippen molar-refractivity contribution < 1.29 is 9.47 Å². The summed E-state index contributed by atoms with van der Waals surface area (Å²) in [4.78, 5) is 2.41. The fourth-order valence-electron chi connectivity index (χ4n) is 2.97. The van der Waals surface area contributed by atoms with Gasteiger partial charge in [-0.2, -0.15) is 0 Å². The molecule has 1 saturated heterocycles. The number of benzene rings is 1. The molecule has 0 radical (unpaired) electrons. The number of hydrogen-bond donors (Lipinski definition) is 1. The van der Waals surface area contributed by atoms with Crippen LogP contribution < -0.4 is 14.8 Å². The van der Waals surface area contributed by atoms with E-state index in [4.69, 9.17) is 21.1 Å². The molecule has 2 aliphatic rings. The van der Waals surface area contributed by atoms with Crippen LogP contribution in [-0.2, 0) is 0 Å². The van der Waals surface area contributed by atoms with E-state index < -0.39 is 0 Å². The van der Waals surface area contributed by atoms with E-state index in [1.807, 2.05) is 12.1 Å². The van der Waals surface area contributed by atoms with Crippen molar-refractivity contribution in [1.29, 1.82) is 0 Å². The van der Waals surface area contributed by atoms with Crippen LogP contribution in [0.1, 0.15) is 20.3 Å². The smallest absolute Gasteiger partial charge is 0.231 e. The number of ether oxygens (including phenoxy) is 2. The molecule has 20 heavy (non-hydrogen) atoms. The summed E-state index contributed by atoms with van der Waals surface area (Å²) in [6, 6.07) is 4.78. The minimum absolute atomic E-state index is 0.275. The minimum Gasteiger partial charge on any atom is -0.454 e. The fraction of sp³-hybridized carbons (Fsp3) is 0.600. The Bertz CT molecular complexity index is 509. The van der Waals surface area contributed by atoms with E-state index in [1.165, 1.54) is 0 Å². The summed E-state index contributed by atoms with van der Waals surface area (Å²) in [6.07, 6.45) is 1.11. The zero-order chi connectivity index (χ0) is 14.3. The Hall–Kier alpha value is -1.13. The predicted octanol–water partition coefficient (Wildman–Crippen LogP) is 3.21. The van der Waals surface area contributed by atoms with E-state index >= 15 is 0 Å². The van der Waals surface area contributed by atoms with Crippen LogP contribution in [0.2, 0.25) is 5.02 Å². The average molecular weight is 297 g/mol. The van der Waals surface area contributed by atoms with Gasteiger partial charge in [0.05, 0.1) is 10.7 Å². The maximum atomic E-state index is 6.33. The molecule has 0 bridgehead atoms. The summed E-state index contributed by atoms with van der Waals surface area (Å²) in [7, 11) is 2.19. The number of anilines is 1. The highest BCUT2D eigenvalue weighted by atomic mass is 35.5. The molecule has 3 unspecified atom stereocenters. The van der Waals surface area contributed by atoms with Crippen molar-refractivity contribution in [3.8, 4) is 11.5 Å². The number of nitrogens with zero attached hydrogens (tertiary/aromatic N) is 1.